The summed E-state index contributed by atoms with van der Waals surface area (Å²) >= 11 is 1.52. The van der Waals surface area contributed by atoms with Gasteiger partial charge in [-0.25, -0.2) is 14.4 Å². The molecule has 0 atom stereocenters. The average Bonchev–Trinajstić information content (AvgIpc) is 3.12. The third-order valence-corrected chi connectivity index (χ3v) is 4.79. The van der Waals surface area contributed by atoms with E-state index in [9.17, 15) is 9.18 Å². The van der Waals surface area contributed by atoms with Crippen LogP contribution in [0.2, 0.25) is 0 Å². The van der Waals surface area contributed by atoms with Crippen molar-refractivity contribution < 1.29 is 13.9 Å². The monoisotopic (exact) mass is 379 g/mol. The van der Waals surface area contributed by atoms with Crippen molar-refractivity contribution >= 4 is 33.3 Å². The van der Waals surface area contributed by atoms with Gasteiger partial charge in [-0.05, 0) is 60.7 Å². The van der Waals surface area contributed by atoms with Crippen LogP contribution in [0.1, 0.15) is 0 Å². The molecular weight excluding hydrogens is 365 g/mol. The van der Waals surface area contributed by atoms with E-state index >= 15 is 0 Å². The molecule has 0 bridgehead atoms. The Morgan fingerprint density at radius 2 is 1.85 bits per heavy atom. The lowest BCUT2D eigenvalue weighted by Crippen LogP contribution is -2.20. The molecule has 0 aliphatic heterocycles. The number of nitrogens with zero attached hydrogens (tertiary/aromatic N) is 2. The number of hydrogen-bond acceptors (Lipinski definition) is 5. The SMILES string of the molecule is O=C(COc1ccc(F)cc1)Nc1ccc(-c2nc3cccnc3s2)cc1. The molecule has 5 nitrogen and oxygen atoms in total. The van der Waals surface area contributed by atoms with Gasteiger partial charge in [0.1, 0.15) is 26.9 Å². The molecule has 27 heavy (non-hydrogen) atoms. The van der Waals surface area contributed by atoms with Gasteiger partial charge in [-0.15, -0.1) is 0 Å². The van der Waals surface area contributed by atoms with Crippen molar-refractivity contribution in [2.24, 2.45) is 0 Å². The van der Waals surface area contributed by atoms with Gasteiger partial charge in [0.15, 0.2) is 6.61 Å². The Labute approximate surface area is 158 Å². The van der Waals surface area contributed by atoms with Crippen molar-refractivity contribution in [3.63, 3.8) is 0 Å². The van der Waals surface area contributed by atoms with Gasteiger partial charge < -0.3 is 10.1 Å². The van der Waals surface area contributed by atoms with Crippen LogP contribution in [-0.2, 0) is 4.79 Å². The number of anilines is 1. The van der Waals surface area contributed by atoms with E-state index in [0.29, 0.717) is 11.4 Å². The van der Waals surface area contributed by atoms with Crippen molar-refractivity contribution in [1.29, 1.82) is 0 Å². The molecule has 2 aromatic heterocycles. The molecule has 0 fully saturated rings. The zero-order valence-electron chi connectivity index (χ0n) is 14.1. The second kappa shape index (κ2) is 7.51. The highest BCUT2D eigenvalue weighted by molar-refractivity contribution is 7.21. The van der Waals surface area contributed by atoms with E-state index in [-0.39, 0.29) is 18.3 Å². The van der Waals surface area contributed by atoms with Gasteiger partial charge in [-0.3, -0.25) is 4.79 Å². The van der Waals surface area contributed by atoms with E-state index in [1.165, 1.54) is 35.6 Å². The zero-order valence-corrected chi connectivity index (χ0v) is 14.9. The van der Waals surface area contributed by atoms with Crippen LogP contribution in [0.25, 0.3) is 20.9 Å². The molecule has 1 N–H and O–H groups in total. The summed E-state index contributed by atoms with van der Waals surface area (Å²) in [5.74, 6) is -0.210. The number of nitrogens with one attached hydrogen (secondary N) is 1. The summed E-state index contributed by atoms with van der Waals surface area (Å²) in [6, 6.07) is 16.7. The van der Waals surface area contributed by atoms with Gasteiger partial charge in [-0.1, -0.05) is 11.3 Å². The number of carbonyl (C=O) groups excluding carboxylic acids is 1. The number of amides is 1. The lowest BCUT2D eigenvalue weighted by atomic mass is 10.2. The van der Waals surface area contributed by atoms with Crippen LogP contribution in [0.5, 0.6) is 5.75 Å². The van der Waals surface area contributed by atoms with Crippen LogP contribution < -0.4 is 10.1 Å². The number of rotatable bonds is 5. The number of fused-ring (bicyclic) bond motifs is 1. The van der Waals surface area contributed by atoms with E-state index in [1.807, 2.05) is 36.4 Å². The van der Waals surface area contributed by atoms with Crippen molar-refractivity contribution in [2.45, 2.75) is 0 Å². The summed E-state index contributed by atoms with van der Waals surface area (Å²) in [5, 5.41) is 3.64. The van der Waals surface area contributed by atoms with Crippen LogP contribution >= 0.6 is 11.3 Å². The molecule has 0 saturated heterocycles. The minimum atomic E-state index is -0.351. The number of pyridine rings is 1. The largest absolute Gasteiger partial charge is 0.484 e. The molecule has 0 spiro atoms. The van der Waals surface area contributed by atoms with Gasteiger partial charge in [0.25, 0.3) is 5.91 Å². The standard InChI is InChI=1S/C20H14FN3O2S/c21-14-5-9-16(10-6-14)26-12-18(25)23-15-7-3-13(4-8-15)19-24-17-2-1-11-22-20(17)27-19/h1-11H,12H2,(H,23,25). The van der Waals surface area contributed by atoms with Crippen molar-refractivity contribution in [1.82, 2.24) is 9.97 Å². The molecule has 134 valence electrons. The highest BCUT2D eigenvalue weighted by atomic mass is 32.1. The number of carbonyl (C=O) groups is 1. The van der Waals surface area contributed by atoms with Crippen LogP contribution in [0.15, 0.2) is 66.9 Å². The average molecular weight is 379 g/mol. The van der Waals surface area contributed by atoms with Crippen LogP contribution in [0, 0.1) is 5.82 Å². The number of ether oxygens (including phenoxy) is 1. The molecule has 0 saturated carbocycles. The van der Waals surface area contributed by atoms with Gasteiger partial charge in [0.2, 0.25) is 0 Å². The van der Waals surface area contributed by atoms with Crippen LogP contribution in [-0.4, -0.2) is 22.5 Å². The Morgan fingerprint density at radius 1 is 1.07 bits per heavy atom. The van der Waals surface area contributed by atoms with Crippen molar-refractivity contribution in [3.8, 4) is 16.3 Å². The molecule has 2 heterocycles. The summed E-state index contributed by atoms with van der Waals surface area (Å²) in [4.78, 5) is 21.8. The Hall–Kier alpha value is -3.32. The number of halogens is 1. The molecule has 0 radical (unpaired) electrons. The molecule has 2 aromatic carbocycles. The minimum absolute atomic E-state index is 0.156. The topological polar surface area (TPSA) is 64.1 Å². The number of hydrogen-bond donors (Lipinski definition) is 1. The maximum absolute atomic E-state index is 12.8. The highest BCUT2D eigenvalue weighted by Gasteiger charge is 2.08. The molecule has 7 heteroatoms. The smallest absolute Gasteiger partial charge is 0.262 e. The van der Waals surface area contributed by atoms with Crippen LogP contribution in [0.4, 0.5) is 10.1 Å². The van der Waals surface area contributed by atoms with E-state index in [4.69, 9.17) is 4.74 Å². The summed E-state index contributed by atoms with van der Waals surface area (Å²) in [7, 11) is 0. The summed E-state index contributed by atoms with van der Waals surface area (Å²) in [5.41, 5.74) is 2.48. The maximum Gasteiger partial charge on any atom is 0.262 e. The fraction of sp³-hybridized carbons (Fsp3) is 0.0500. The molecule has 0 aliphatic carbocycles. The zero-order chi connectivity index (χ0) is 18.6. The second-order valence-corrected chi connectivity index (χ2v) is 6.69. The second-order valence-electron chi connectivity index (χ2n) is 5.71. The van der Waals surface area contributed by atoms with E-state index in [2.05, 4.69) is 15.3 Å². The molecule has 0 unspecified atom stereocenters. The predicted octanol–water partition coefficient (Wildman–Crippen LogP) is 4.51. The highest BCUT2D eigenvalue weighted by Crippen LogP contribution is 2.29. The third-order valence-electron chi connectivity index (χ3n) is 3.77. The first-order chi connectivity index (χ1) is 13.2. The normalized spacial score (nSPS) is 10.7. The molecule has 4 rings (SSSR count). The molecular formula is C20H14FN3O2S. The van der Waals surface area contributed by atoms with E-state index < -0.39 is 0 Å². The summed E-state index contributed by atoms with van der Waals surface area (Å²) in [6.07, 6.45) is 1.75. The quantitative estimate of drug-likeness (QED) is 0.554. The first-order valence-corrected chi connectivity index (χ1v) is 8.99. The number of thiazole rings is 1. The Bertz CT molecular complexity index is 1050. The van der Waals surface area contributed by atoms with E-state index in [0.717, 1.165) is 20.9 Å². The molecule has 4 aromatic rings. The van der Waals surface area contributed by atoms with E-state index in [1.54, 1.807) is 6.20 Å². The lowest BCUT2D eigenvalue weighted by molar-refractivity contribution is -0.118. The predicted molar refractivity (Wildman–Crippen MR) is 103 cm³/mol. The Morgan fingerprint density at radius 3 is 2.59 bits per heavy atom. The first-order valence-electron chi connectivity index (χ1n) is 8.17. The minimum Gasteiger partial charge on any atom is -0.484 e. The fourth-order valence-corrected chi connectivity index (χ4v) is 3.38. The Balaban J connectivity index is 1.38. The lowest BCUT2D eigenvalue weighted by Gasteiger charge is -2.08. The van der Waals surface area contributed by atoms with Gasteiger partial charge in [0.05, 0.1) is 0 Å². The third kappa shape index (κ3) is 4.09. The van der Waals surface area contributed by atoms with Crippen LogP contribution in [0.3, 0.4) is 0 Å². The molecule has 0 aliphatic rings. The number of aromatic nitrogens is 2. The molecule has 1 amide bonds. The van der Waals surface area contributed by atoms with Crippen molar-refractivity contribution in [2.75, 3.05) is 11.9 Å². The fourth-order valence-electron chi connectivity index (χ4n) is 2.47. The summed E-state index contributed by atoms with van der Waals surface area (Å²) in [6.45, 7) is -0.156. The first kappa shape index (κ1) is 17.1. The van der Waals surface area contributed by atoms with Gasteiger partial charge in [0, 0.05) is 17.4 Å². The van der Waals surface area contributed by atoms with Crippen molar-refractivity contribution in [3.05, 3.63) is 72.7 Å². The summed E-state index contributed by atoms with van der Waals surface area (Å²) < 4.78 is 18.2. The maximum atomic E-state index is 12.8. The van der Waals surface area contributed by atoms with Gasteiger partial charge in [-0.2, -0.15) is 0 Å². The van der Waals surface area contributed by atoms with Gasteiger partial charge >= 0.3 is 0 Å². The number of benzene rings is 2. The Kier molecular flexibility index (Phi) is 4.76.